The molecule has 0 aliphatic carbocycles. The van der Waals surface area contributed by atoms with E-state index in [1.54, 1.807) is 0 Å². The lowest BCUT2D eigenvalue weighted by Gasteiger charge is -2.38. The number of nitrogens with one attached hydrogen (secondary N) is 1. The Labute approximate surface area is 89.6 Å². The van der Waals surface area contributed by atoms with Gasteiger partial charge in [-0.05, 0) is 53.0 Å². The van der Waals surface area contributed by atoms with Crippen LogP contribution in [-0.2, 0) is 0 Å². The Morgan fingerprint density at radius 1 is 0.929 bits per heavy atom. The smallest absolute Gasteiger partial charge is 0.0127 e. The van der Waals surface area contributed by atoms with Gasteiger partial charge >= 0.3 is 0 Å². The summed E-state index contributed by atoms with van der Waals surface area (Å²) < 4.78 is 0. The third kappa shape index (κ3) is 6.39. The van der Waals surface area contributed by atoms with Crippen LogP contribution in [0.5, 0.6) is 0 Å². The number of nitrogens with two attached hydrogens (primary N) is 1. The van der Waals surface area contributed by atoms with Crippen molar-refractivity contribution in [3.63, 3.8) is 0 Å². The minimum atomic E-state index is -0.0761. The summed E-state index contributed by atoms with van der Waals surface area (Å²) in [6.07, 6.45) is 2.18. The van der Waals surface area contributed by atoms with E-state index in [1.165, 1.54) is 0 Å². The highest BCUT2D eigenvalue weighted by Crippen LogP contribution is 2.34. The van der Waals surface area contributed by atoms with E-state index in [1.807, 2.05) is 7.05 Å². The van der Waals surface area contributed by atoms with Crippen molar-refractivity contribution >= 4 is 0 Å². The summed E-state index contributed by atoms with van der Waals surface area (Å²) in [4.78, 5) is 0. The third-order valence-electron chi connectivity index (χ3n) is 2.53. The van der Waals surface area contributed by atoms with Gasteiger partial charge < -0.3 is 11.1 Å². The van der Waals surface area contributed by atoms with Crippen LogP contribution >= 0.6 is 0 Å². The molecule has 0 aromatic rings. The first kappa shape index (κ1) is 13.9. The maximum absolute atomic E-state index is 6.06. The van der Waals surface area contributed by atoms with Crippen molar-refractivity contribution in [1.29, 1.82) is 0 Å². The molecule has 3 N–H and O–H groups in total. The summed E-state index contributed by atoms with van der Waals surface area (Å²) in [5.41, 5.74) is 6.46. The highest BCUT2D eigenvalue weighted by Gasteiger charge is 2.31. The predicted octanol–water partition coefficient (Wildman–Crippen LogP) is 2.53. The molecule has 0 aliphatic heterocycles. The van der Waals surface area contributed by atoms with E-state index in [0.29, 0.717) is 0 Å². The average Bonchev–Trinajstić information content (AvgIpc) is 1.78. The Balaban J connectivity index is 4.35. The van der Waals surface area contributed by atoms with E-state index in [4.69, 9.17) is 5.73 Å². The second-order valence-corrected chi connectivity index (χ2v) is 6.64. The molecule has 0 aliphatic rings. The van der Waals surface area contributed by atoms with Crippen molar-refractivity contribution in [2.24, 2.45) is 11.1 Å². The van der Waals surface area contributed by atoms with Crippen LogP contribution in [0.15, 0.2) is 0 Å². The maximum atomic E-state index is 6.06. The predicted molar refractivity (Wildman–Crippen MR) is 64.4 cm³/mol. The summed E-state index contributed by atoms with van der Waals surface area (Å²) in [6, 6.07) is 0. The standard InChI is InChI=1S/C12H28N2/c1-10(2,8-11(3,4)13)9-12(5,6)14-7/h14H,8-9,13H2,1-7H3. The summed E-state index contributed by atoms with van der Waals surface area (Å²) in [7, 11) is 2.02. The van der Waals surface area contributed by atoms with Gasteiger partial charge in [0.05, 0.1) is 0 Å². The van der Waals surface area contributed by atoms with Crippen molar-refractivity contribution in [3.8, 4) is 0 Å². The van der Waals surface area contributed by atoms with Crippen molar-refractivity contribution < 1.29 is 0 Å². The zero-order chi connectivity index (χ0) is 11.6. The highest BCUT2D eigenvalue weighted by atomic mass is 14.9. The van der Waals surface area contributed by atoms with Crippen LogP contribution in [0.1, 0.15) is 54.4 Å². The van der Waals surface area contributed by atoms with E-state index >= 15 is 0 Å². The average molecular weight is 200 g/mol. The lowest BCUT2D eigenvalue weighted by Crippen LogP contribution is -2.44. The molecule has 86 valence electrons. The fraction of sp³-hybridized carbons (Fsp3) is 1.00. The summed E-state index contributed by atoms with van der Waals surface area (Å²) in [5, 5.41) is 3.34. The Morgan fingerprint density at radius 3 is 1.64 bits per heavy atom. The third-order valence-corrected chi connectivity index (χ3v) is 2.53. The Hall–Kier alpha value is -0.0800. The molecular formula is C12H28N2. The highest BCUT2D eigenvalue weighted by molar-refractivity contribution is 4.89. The van der Waals surface area contributed by atoms with E-state index in [-0.39, 0.29) is 16.5 Å². The molecule has 2 heteroatoms. The van der Waals surface area contributed by atoms with Gasteiger partial charge in [0.15, 0.2) is 0 Å². The molecule has 0 saturated heterocycles. The first-order chi connectivity index (χ1) is 5.97. The zero-order valence-electron chi connectivity index (χ0n) is 11.0. The van der Waals surface area contributed by atoms with Gasteiger partial charge in [-0.15, -0.1) is 0 Å². The molecule has 0 rings (SSSR count). The fourth-order valence-electron chi connectivity index (χ4n) is 2.58. The number of rotatable bonds is 5. The Morgan fingerprint density at radius 2 is 1.36 bits per heavy atom. The molecular weight excluding hydrogens is 172 g/mol. The van der Waals surface area contributed by atoms with Gasteiger partial charge in [0.25, 0.3) is 0 Å². The van der Waals surface area contributed by atoms with Crippen molar-refractivity contribution in [3.05, 3.63) is 0 Å². The summed E-state index contributed by atoms with van der Waals surface area (Å²) >= 11 is 0. The van der Waals surface area contributed by atoms with Crippen molar-refractivity contribution in [1.82, 2.24) is 5.32 Å². The first-order valence-corrected chi connectivity index (χ1v) is 5.45. The van der Waals surface area contributed by atoms with Gasteiger partial charge in [-0.3, -0.25) is 0 Å². The quantitative estimate of drug-likeness (QED) is 0.715. The molecule has 0 amide bonds. The molecule has 0 fully saturated rings. The van der Waals surface area contributed by atoms with Crippen LogP contribution in [0, 0.1) is 5.41 Å². The van der Waals surface area contributed by atoms with Gasteiger partial charge in [-0.1, -0.05) is 13.8 Å². The van der Waals surface area contributed by atoms with Crippen LogP contribution < -0.4 is 11.1 Å². The molecule has 0 unspecified atom stereocenters. The van der Waals surface area contributed by atoms with Crippen LogP contribution in [0.25, 0.3) is 0 Å². The molecule has 2 nitrogen and oxygen atoms in total. The van der Waals surface area contributed by atoms with Gasteiger partial charge in [0, 0.05) is 11.1 Å². The topological polar surface area (TPSA) is 38.0 Å². The normalized spacial score (nSPS) is 14.6. The van der Waals surface area contributed by atoms with Crippen molar-refractivity contribution in [2.75, 3.05) is 7.05 Å². The molecule has 0 atom stereocenters. The van der Waals surface area contributed by atoms with Crippen LogP contribution in [-0.4, -0.2) is 18.1 Å². The van der Waals surface area contributed by atoms with Crippen LogP contribution in [0.2, 0.25) is 0 Å². The maximum Gasteiger partial charge on any atom is 0.0127 e. The molecule has 0 spiro atoms. The summed E-state index contributed by atoms with van der Waals surface area (Å²) in [6.45, 7) is 13.3. The molecule has 14 heavy (non-hydrogen) atoms. The zero-order valence-corrected chi connectivity index (χ0v) is 11.0. The van der Waals surface area contributed by atoms with Gasteiger partial charge in [-0.2, -0.15) is 0 Å². The molecule has 0 saturated carbocycles. The Bertz CT molecular complexity index is 175. The monoisotopic (exact) mass is 200 g/mol. The largest absolute Gasteiger partial charge is 0.326 e. The lowest BCUT2D eigenvalue weighted by atomic mass is 9.73. The van der Waals surface area contributed by atoms with Gasteiger partial charge in [0.2, 0.25) is 0 Å². The van der Waals surface area contributed by atoms with E-state index < -0.39 is 0 Å². The molecule has 0 radical (unpaired) electrons. The second-order valence-electron chi connectivity index (χ2n) is 6.64. The Kier molecular flexibility index (Phi) is 4.17. The van der Waals surface area contributed by atoms with Crippen LogP contribution in [0.4, 0.5) is 0 Å². The second kappa shape index (κ2) is 4.19. The van der Waals surface area contributed by atoms with Gasteiger partial charge in [0.1, 0.15) is 0 Å². The first-order valence-electron chi connectivity index (χ1n) is 5.45. The molecule has 0 bridgehead atoms. The lowest BCUT2D eigenvalue weighted by molar-refractivity contribution is 0.183. The minimum Gasteiger partial charge on any atom is -0.326 e. The SMILES string of the molecule is CNC(C)(C)CC(C)(C)CC(C)(C)N. The number of hydrogen-bond acceptors (Lipinski definition) is 2. The van der Waals surface area contributed by atoms with Crippen molar-refractivity contribution in [2.45, 2.75) is 65.5 Å². The fourth-order valence-corrected chi connectivity index (χ4v) is 2.58. The van der Waals surface area contributed by atoms with Crippen LogP contribution in [0.3, 0.4) is 0 Å². The van der Waals surface area contributed by atoms with E-state index in [9.17, 15) is 0 Å². The number of hydrogen-bond donors (Lipinski definition) is 2. The minimum absolute atomic E-state index is 0.0761. The van der Waals surface area contributed by atoms with Gasteiger partial charge in [-0.25, -0.2) is 0 Å². The molecule has 0 aromatic carbocycles. The molecule has 0 heterocycles. The summed E-state index contributed by atoms with van der Waals surface area (Å²) in [5.74, 6) is 0. The van der Waals surface area contributed by atoms with E-state index in [2.05, 4.69) is 46.9 Å². The molecule has 0 aromatic heterocycles. The van der Waals surface area contributed by atoms with E-state index in [0.717, 1.165) is 12.8 Å².